The fourth-order valence-electron chi connectivity index (χ4n) is 2.94. The summed E-state index contributed by atoms with van der Waals surface area (Å²) in [6, 6.07) is 4.40. The van der Waals surface area contributed by atoms with Gasteiger partial charge in [0.15, 0.2) is 0 Å². The summed E-state index contributed by atoms with van der Waals surface area (Å²) in [5.41, 5.74) is 1.24. The average Bonchev–Trinajstić information content (AvgIpc) is 3.33. The first-order chi connectivity index (χ1) is 10.8. The quantitative estimate of drug-likeness (QED) is 0.838. The fraction of sp³-hybridized carbons (Fsp3) is 0.647. The Balaban J connectivity index is 1.38. The third-order valence-corrected chi connectivity index (χ3v) is 5.46. The number of piperidine rings is 1. The summed E-state index contributed by atoms with van der Waals surface area (Å²) in [6.45, 7) is 2.99. The van der Waals surface area contributed by atoms with Gasteiger partial charge in [0.1, 0.15) is 0 Å². The molecular weight excluding hydrogens is 294 g/mol. The zero-order chi connectivity index (χ0) is 15.2. The molecule has 1 saturated heterocycles. The third kappa shape index (κ3) is 5.29. The predicted octanol–water partition coefficient (Wildman–Crippen LogP) is 2.31. The molecule has 1 saturated carbocycles. The number of aromatic nitrogens is 1. The maximum atomic E-state index is 12.0. The second-order valence-corrected chi connectivity index (χ2v) is 7.49. The van der Waals surface area contributed by atoms with Crippen LogP contribution in [0.5, 0.6) is 0 Å². The Morgan fingerprint density at radius 3 is 3.09 bits per heavy atom. The largest absolute Gasteiger partial charge is 0.351 e. The highest BCUT2D eigenvalue weighted by Crippen LogP contribution is 2.32. The summed E-state index contributed by atoms with van der Waals surface area (Å²) in [4.78, 5) is 18.6. The molecule has 1 N–H and O–H groups in total. The van der Waals surface area contributed by atoms with Gasteiger partial charge in [-0.3, -0.25) is 14.7 Å². The number of nitrogens with one attached hydrogen (secondary N) is 1. The summed E-state index contributed by atoms with van der Waals surface area (Å²) in [7, 11) is 0. The Morgan fingerprint density at radius 1 is 1.41 bits per heavy atom. The lowest BCUT2D eigenvalue weighted by molar-refractivity contribution is -0.119. The van der Waals surface area contributed by atoms with Crippen LogP contribution in [-0.2, 0) is 11.3 Å². The summed E-state index contributed by atoms with van der Waals surface area (Å²) < 4.78 is 0. The normalized spacial score (nSPS) is 22.5. The molecule has 5 heteroatoms. The van der Waals surface area contributed by atoms with Crippen LogP contribution in [0.4, 0.5) is 0 Å². The van der Waals surface area contributed by atoms with Crippen molar-refractivity contribution >= 4 is 17.7 Å². The molecule has 1 unspecified atom stereocenters. The van der Waals surface area contributed by atoms with Gasteiger partial charge in [-0.1, -0.05) is 6.07 Å². The summed E-state index contributed by atoms with van der Waals surface area (Å²) in [6.07, 6.45) is 8.71. The maximum absolute atomic E-state index is 12.0. The highest BCUT2D eigenvalue weighted by Gasteiger charge is 2.23. The molecule has 120 valence electrons. The van der Waals surface area contributed by atoms with Crippen LogP contribution in [0.15, 0.2) is 24.5 Å². The highest BCUT2D eigenvalue weighted by molar-refractivity contribution is 7.99. The van der Waals surface area contributed by atoms with Gasteiger partial charge < -0.3 is 5.32 Å². The van der Waals surface area contributed by atoms with Crippen molar-refractivity contribution in [3.63, 3.8) is 0 Å². The van der Waals surface area contributed by atoms with E-state index in [9.17, 15) is 4.79 Å². The molecule has 1 aliphatic carbocycles. The van der Waals surface area contributed by atoms with E-state index in [0.29, 0.717) is 11.8 Å². The molecular formula is C17H25N3OS. The number of hydrogen-bond donors (Lipinski definition) is 1. The molecule has 1 aromatic rings. The number of amides is 1. The van der Waals surface area contributed by atoms with Crippen molar-refractivity contribution in [2.45, 2.75) is 38.3 Å². The van der Waals surface area contributed by atoms with Gasteiger partial charge in [-0.15, -0.1) is 0 Å². The molecule has 1 amide bonds. The van der Waals surface area contributed by atoms with Gasteiger partial charge in [-0.25, -0.2) is 0 Å². The molecule has 2 heterocycles. The minimum Gasteiger partial charge on any atom is -0.351 e. The van der Waals surface area contributed by atoms with Gasteiger partial charge in [-0.2, -0.15) is 11.8 Å². The second-order valence-electron chi connectivity index (χ2n) is 6.46. The molecule has 4 nitrogen and oxygen atoms in total. The minimum absolute atomic E-state index is 0.207. The van der Waals surface area contributed by atoms with Crippen molar-refractivity contribution in [2.75, 3.05) is 24.6 Å². The molecule has 1 aromatic heterocycles. The van der Waals surface area contributed by atoms with Crippen molar-refractivity contribution in [1.29, 1.82) is 0 Å². The van der Waals surface area contributed by atoms with Crippen LogP contribution in [0, 0.1) is 5.92 Å². The van der Waals surface area contributed by atoms with Gasteiger partial charge in [0.05, 0.1) is 5.75 Å². The molecule has 1 aliphatic heterocycles. The number of nitrogens with zero attached hydrogens (tertiary/aromatic N) is 2. The number of rotatable bonds is 7. The Kier molecular flexibility index (Phi) is 5.73. The highest BCUT2D eigenvalue weighted by atomic mass is 32.2. The number of thioether (sulfide) groups is 1. The Morgan fingerprint density at radius 2 is 2.32 bits per heavy atom. The van der Waals surface area contributed by atoms with E-state index in [1.165, 1.54) is 18.4 Å². The number of carbonyl (C=O) groups is 1. The van der Waals surface area contributed by atoms with Crippen molar-refractivity contribution < 1.29 is 4.79 Å². The number of carbonyl (C=O) groups excluding carboxylic acids is 1. The average molecular weight is 319 g/mol. The molecule has 22 heavy (non-hydrogen) atoms. The van der Waals surface area contributed by atoms with E-state index in [-0.39, 0.29) is 5.91 Å². The topological polar surface area (TPSA) is 45.2 Å². The van der Waals surface area contributed by atoms with E-state index in [4.69, 9.17) is 0 Å². The lowest BCUT2D eigenvalue weighted by Gasteiger charge is -2.33. The zero-order valence-corrected chi connectivity index (χ0v) is 13.9. The lowest BCUT2D eigenvalue weighted by Crippen LogP contribution is -2.47. The molecule has 0 radical (unpaired) electrons. The molecule has 2 fully saturated rings. The van der Waals surface area contributed by atoms with E-state index >= 15 is 0 Å². The van der Waals surface area contributed by atoms with Crippen LogP contribution in [0.1, 0.15) is 31.2 Å². The maximum Gasteiger partial charge on any atom is 0.230 e. The van der Waals surface area contributed by atoms with Crippen molar-refractivity contribution in [3.8, 4) is 0 Å². The van der Waals surface area contributed by atoms with E-state index < -0.39 is 0 Å². The number of likely N-dealkylation sites (tertiary alicyclic amines) is 1. The van der Waals surface area contributed by atoms with Crippen LogP contribution in [-0.4, -0.2) is 46.4 Å². The molecule has 1 atom stereocenters. The molecule has 0 bridgehead atoms. The third-order valence-electron chi connectivity index (χ3n) is 4.28. The summed E-state index contributed by atoms with van der Waals surface area (Å²) in [5, 5.41) is 3.21. The van der Waals surface area contributed by atoms with Gasteiger partial charge in [0.25, 0.3) is 0 Å². The zero-order valence-electron chi connectivity index (χ0n) is 13.0. The Bertz CT molecular complexity index is 478. The van der Waals surface area contributed by atoms with Crippen molar-refractivity contribution in [1.82, 2.24) is 15.2 Å². The molecule has 0 spiro atoms. The number of hydrogen-bond acceptors (Lipinski definition) is 4. The predicted molar refractivity (Wildman–Crippen MR) is 90.7 cm³/mol. The van der Waals surface area contributed by atoms with Crippen molar-refractivity contribution in [3.05, 3.63) is 30.1 Å². The second kappa shape index (κ2) is 7.97. The lowest BCUT2D eigenvalue weighted by atomic mass is 10.1. The Hall–Kier alpha value is -1.07. The van der Waals surface area contributed by atoms with Gasteiger partial charge >= 0.3 is 0 Å². The Labute approximate surface area is 137 Å². The van der Waals surface area contributed by atoms with Crippen LogP contribution >= 0.6 is 11.8 Å². The van der Waals surface area contributed by atoms with Crippen LogP contribution in [0.3, 0.4) is 0 Å². The summed E-state index contributed by atoms with van der Waals surface area (Å²) in [5.74, 6) is 2.88. The standard InChI is InChI=1S/C17H25N3OS/c21-17(13-22-12-14-5-6-14)19-16-4-2-8-20(11-16)10-15-3-1-7-18-9-15/h1,3,7,9,14,16H,2,4-6,8,10-13H2,(H,19,21). The monoisotopic (exact) mass is 319 g/mol. The van der Waals surface area contributed by atoms with E-state index in [0.717, 1.165) is 44.1 Å². The van der Waals surface area contributed by atoms with Crippen LogP contribution < -0.4 is 5.32 Å². The van der Waals surface area contributed by atoms with E-state index in [2.05, 4.69) is 21.3 Å². The fourth-order valence-corrected chi connectivity index (χ4v) is 3.99. The van der Waals surface area contributed by atoms with E-state index in [1.807, 2.05) is 18.5 Å². The van der Waals surface area contributed by atoms with Crippen LogP contribution in [0.2, 0.25) is 0 Å². The molecule has 0 aromatic carbocycles. The number of pyridine rings is 1. The smallest absolute Gasteiger partial charge is 0.230 e. The molecule has 2 aliphatic rings. The van der Waals surface area contributed by atoms with Gasteiger partial charge in [0.2, 0.25) is 5.91 Å². The SMILES string of the molecule is O=C(CSCC1CC1)NC1CCCN(Cc2cccnc2)C1. The first-order valence-corrected chi connectivity index (χ1v) is 9.43. The van der Waals surface area contributed by atoms with Gasteiger partial charge in [0, 0.05) is 31.5 Å². The first kappa shape index (κ1) is 15.8. The first-order valence-electron chi connectivity index (χ1n) is 8.28. The molecule has 3 rings (SSSR count). The minimum atomic E-state index is 0.207. The van der Waals surface area contributed by atoms with Crippen molar-refractivity contribution in [2.24, 2.45) is 5.92 Å². The van der Waals surface area contributed by atoms with Crippen LogP contribution in [0.25, 0.3) is 0 Å². The summed E-state index contributed by atoms with van der Waals surface area (Å²) >= 11 is 1.79. The van der Waals surface area contributed by atoms with Gasteiger partial charge in [-0.05, 0) is 55.5 Å². The van der Waals surface area contributed by atoms with E-state index in [1.54, 1.807) is 11.8 Å².